The van der Waals surface area contributed by atoms with Crippen LogP contribution in [0.2, 0.25) is 0 Å². The second-order valence-corrected chi connectivity index (χ2v) is 9.16. The molecular formula is C23H26F2N8O2. The van der Waals surface area contributed by atoms with Gasteiger partial charge in [0.05, 0.1) is 12.6 Å². The molecule has 1 amide bonds. The molecule has 0 saturated heterocycles. The summed E-state index contributed by atoms with van der Waals surface area (Å²) in [7, 11) is 3.36. The highest BCUT2D eigenvalue weighted by atomic mass is 19.3. The van der Waals surface area contributed by atoms with Gasteiger partial charge >= 0.3 is 0 Å². The van der Waals surface area contributed by atoms with Gasteiger partial charge in [0.15, 0.2) is 0 Å². The normalized spacial score (nSPS) is 19.8. The average Bonchev–Trinajstić information content (AvgIpc) is 3.40. The smallest absolute Gasteiger partial charge is 0.258 e. The summed E-state index contributed by atoms with van der Waals surface area (Å²) >= 11 is 0. The Hall–Kier alpha value is -3.83. The molecule has 4 aromatic rings. The predicted molar refractivity (Wildman–Crippen MR) is 126 cm³/mol. The number of ether oxygens (including phenoxy) is 1. The molecule has 0 bridgehead atoms. The summed E-state index contributed by atoms with van der Waals surface area (Å²) in [5.41, 5.74) is 3.09. The van der Waals surface area contributed by atoms with E-state index in [4.69, 9.17) is 4.74 Å². The summed E-state index contributed by atoms with van der Waals surface area (Å²) in [6.45, 7) is 3.10. The highest BCUT2D eigenvalue weighted by Crippen LogP contribution is 2.39. The summed E-state index contributed by atoms with van der Waals surface area (Å²) < 4.78 is 34.3. The number of nitrogens with one attached hydrogen (secondary N) is 1. The van der Waals surface area contributed by atoms with Gasteiger partial charge in [0, 0.05) is 37.3 Å². The first-order valence-corrected chi connectivity index (χ1v) is 11.2. The van der Waals surface area contributed by atoms with Gasteiger partial charge in [0.2, 0.25) is 17.7 Å². The Labute approximate surface area is 199 Å². The van der Waals surface area contributed by atoms with Crippen LogP contribution >= 0.6 is 0 Å². The van der Waals surface area contributed by atoms with Crippen LogP contribution in [-0.4, -0.2) is 72.6 Å². The molecule has 12 heteroatoms. The summed E-state index contributed by atoms with van der Waals surface area (Å²) in [4.78, 5) is 18.1. The number of carbonyl (C=O) groups is 1. The van der Waals surface area contributed by atoms with E-state index < -0.39 is 13.0 Å². The number of carbonyl (C=O) groups excluding carboxylic acids is 1. The quantitative estimate of drug-likeness (QED) is 0.430. The molecule has 10 nitrogen and oxygen atoms in total. The number of alkyl halides is 2. The van der Waals surface area contributed by atoms with Crippen molar-refractivity contribution in [3.63, 3.8) is 0 Å². The zero-order valence-corrected chi connectivity index (χ0v) is 19.9. The monoisotopic (exact) mass is 484 g/mol. The molecule has 1 aliphatic rings. The standard InChI is InChI=1S/C23H26F2N8O2/c1-13(34)31(3)23(2)10-15(11-23)26-22-27-21(35-4)20-16(7-8-32(20)29-22)14-5-6-17-18(9-14)33(30-28-17)12-19(24)25/h5-9,15,19H,10-12H2,1-4H3,(H,26,29). The Morgan fingerprint density at radius 3 is 2.80 bits per heavy atom. The van der Waals surface area contributed by atoms with Crippen molar-refractivity contribution in [3.05, 3.63) is 30.5 Å². The van der Waals surface area contributed by atoms with Gasteiger partial charge in [0.1, 0.15) is 17.6 Å². The van der Waals surface area contributed by atoms with E-state index in [1.165, 1.54) is 11.8 Å². The van der Waals surface area contributed by atoms with Crippen molar-refractivity contribution < 1.29 is 18.3 Å². The lowest BCUT2D eigenvalue weighted by atomic mass is 9.73. The number of hydrogen-bond donors (Lipinski definition) is 1. The molecule has 1 aliphatic carbocycles. The molecule has 1 aromatic carbocycles. The number of hydrogen-bond acceptors (Lipinski definition) is 7. The van der Waals surface area contributed by atoms with Crippen molar-refractivity contribution in [2.75, 3.05) is 19.5 Å². The number of benzene rings is 1. The third kappa shape index (κ3) is 4.02. The van der Waals surface area contributed by atoms with Gasteiger partial charge in [-0.1, -0.05) is 11.3 Å². The van der Waals surface area contributed by atoms with Crippen LogP contribution in [0, 0.1) is 0 Å². The van der Waals surface area contributed by atoms with Crippen molar-refractivity contribution in [1.29, 1.82) is 0 Å². The number of rotatable bonds is 7. The van der Waals surface area contributed by atoms with Gasteiger partial charge in [-0.2, -0.15) is 4.98 Å². The van der Waals surface area contributed by atoms with Gasteiger partial charge in [-0.15, -0.1) is 10.2 Å². The van der Waals surface area contributed by atoms with Crippen molar-refractivity contribution >= 4 is 28.4 Å². The summed E-state index contributed by atoms with van der Waals surface area (Å²) in [6, 6.07) is 7.38. The molecule has 0 unspecified atom stereocenters. The zero-order chi connectivity index (χ0) is 24.9. The van der Waals surface area contributed by atoms with Crippen molar-refractivity contribution in [3.8, 4) is 17.0 Å². The Morgan fingerprint density at radius 1 is 1.34 bits per heavy atom. The third-order valence-electron chi connectivity index (χ3n) is 6.80. The predicted octanol–water partition coefficient (Wildman–Crippen LogP) is 3.23. The maximum absolute atomic E-state index is 12.9. The minimum atomic E-state index is -2.53. The number of amides is 1. The molecule has 0 aliphatic heterocycles. The van der Waals surface area contributed by atoms with Crippen LogP contribution in [0.5, 0.6) is 5.88 Å². The van der Waals surface area contributed by atoms with Gasteiger partial charge in [-0.05, 0) is 43.5 Å². The zero-order valence-electron chi connectivity index (χ0n) is 19.9. The van der Waals surface area contributed by atoms with E-state index in [0.29, 0.717) is 28.4 Å². The third-order valence-corrected chi connectivity index (χ3v) is 6.80. The summed E-state index contributed by atoms with van der Waals surface area (Å²) in [5.74, 6) is 0.838. The fraction of sp³-hybridized carbons (Fsp3) is 0.435. The van der Waals surface area contributed by atoms with Crippen LogP contribution in [0.15, 0.2) is 30.5 Å². The molecule has 0 atom stereocenters. The average molecular weight is 485 g/mol. The Bertz CT molecular complexity index is 1410. The molecular weight excluding hydrogens is 458 g/mol. The van der Waals surface area contributed by atoms with Crippen molar-refractivity contribution in [1.82, 2.24) is 34.5 Å². The van der Waals surface area contributed by atoms with Gasteiger partial charge in [-0.25, -0.2) is 18.0 Å². The molecule has 35 heavy (non-hydrogen) atoms. The van der Waals surface area contributed by atoms with Crippen LogP contribution in [0.1, 0.15) is 26.7 Å². The van der Waals surface area contributed by atoms with E-state index >= 15 is 0 Å². The molecule has 0 spiro atoms. The first kappa shape index (κ1) is 22.9. The van der Waals surface area contributed by atoms with E-state index in [9.17, 15) is 13.6 Å². The molecule has 0 radical (unpaired) electrons. The Kier molecular flexibility index (Phi) is 5.53. The molecule has 1 fully saturated rings. The van der Waals surface area contributed by atoms with Crippen LogP contribution in [0.3, 0.4) is 0 Å². The number of aromatic nitrogens is 6. The van der Waals surface area contributed by atoms with Gasteiger partial charge in [-0.3, -0.25) is 4.79 Å². The number of fused-ring (bicyclic) bond motifs is 2. The van der Waals surface area contributed by atoms with Crippen molar-refractivity contribution in [2.24, 2.45) is 0 Å². The van der Waals surface area contributed by atoms with Crippen LogP contribution < -0.4 is 10.1 Å². The number of anilines is 1. The maximum Gasteiger partial charge on any atom is 0.258 e. The molecule has 3 heterocycles. The molecule has 1 N–H and O–H groups in total. The lowest BCUT2D eigenvalue weighted by Gasteiger charge is -2.50. The molecule has 3 aromatic heterocycles. The van der Waals surface area contributed by atoms with E-state index in [1.807, 2.05) is 19.2 Å². The highest BCUT2D eigenvalue weighted by Gasteiger charge is 2.44. The maximum atomic E-state index is 12.9. The van der Waals surface area contributed by atoms with Gasteiger partial charge < -0.3 is 15.0 Å². The number of methoxy groups -OCH3 is 1. The minimum absolute atomic E-state index is 0.0383. The SMILES string of the molecule is COc1nc(NC2CC(C)(N(C)C(C)=O)C2)nn2ccc(-c3ccc4nnn(CC(F)F)c4c3)c12. The highest BCUT2D eigenvalue weighted by molar-refractivity contribution is 5.89. The number of nitrogens with zero attached hydrogens (tertiary/aromatic N) is 7. The summed E-state index contributed by atoms with van der Waals surface area (Å²) in [5, 5.41) is 15.7. The van der Waals surface area contributed by atoms with E-state index in [2.05, 4.69) is 32.6 Å². The first-order valence-electron chi connectivity index (χ1n) is 11.2. The lowest BCUT2D eigenvalue weighted by Crippen LogP contribution is -2.59. The van der Waals surface area contributed by atoms with E-state index in [0.717, 1.165) is 24.0 Å². The second-order valence-electron chi connectivity index (χ2n) is 9.16. The van der Waals surface area contributed by atoms with E-state index in [1.54, 1.807) is 34.7 Å². The minimum Gasteiger partial charge on any atom is -0.479 e. The Balaban J connectivity index is 1.44. The molecule has 5 rings (SSSR count). The number of halogens is 2. The van der Waals surface area contributed by atoms with Crippen molar-refractivity contribution in [2.45, 2.75) is 51.2 Å². The van der Waals surface area contributed by atoms with Gasteiger partial charge in [0.25, 0.3) is 6.43 Å². The largest absolute Gasteiger partial charge is 0.479 e. The van der Waals surface area contributed by atoms with E-state index in [-0.39, 0.29) is 17.5 Å². The van der Waals surface area contributed by atoms with Crippen LogP contribution in [0.4, 0.5) is 14.7 Å². The fourth-order valence-electron chi connectivity index (χ4n) is 4.77. The van der Waals surface area contributed by atoms with Crippen LogP contribution in [0.25, 0.3) is 27.7 Å². The Morgan fingerprint density at radius 2 is 2.11 bits per heavy atom. The molecule has 184 valence electrons. The molecule has 1 saturated carbocycles. The first-order chi connectivity index (χ1) is 16.7. The topological polar surface area (TPSA) is 102 Å². The van der Waals surface area contributed by atoms with Crippen LogP contribution in [-0.2, 0) is 11.3 Å². The lowest BCUT2D eigenvalue weighted by molar-refractivity contribution is -0.136. The second kappa shape index (κ2) is 8.43. The fourth-order valence-corrected chi connectivity index (χ4v) is 4.77. The summed E-state index contributed by atoms with van der Waals surface area (Å²) in [6.07, 6.45) is 0.830.